The first-order chi connectivity index (χ1) is 7.13. The number of hydrogen-bond donors (Lipinski definition) is 2. The van der Waals surface area contributed by atoms with Crippen LogP contribution in [0.25, 0.3) is 0 Å². The number of benzene rings is 1. The molecule has 0 aromatic heterocycles. The van der Waals surface area contributed by atoms with Gasteiger partial charge in [-0.1, -0.05) is 24.3 Å². The van der Waals surface area contributed by atoms with Gasteiger partial charge < -0.3 is 10.2 Å². The van der Waals surface area contributed by atoms with Crippen molar-refractivity contribution >= 4 is 5.97 Å². The highest BCUT2D eigenvalue weighted by Gasteiger charge is 2.11. The summed E-state index contributed by atoms with van der Waals surface area (Å²) in [5, 5.41) is 17.9. The Balaban J connectivity index is 2.88. The molecule has 0 aliphatic carbocycles. The second kappa shape index (κ2) is 5.20. The van der Waals surface area contributed by atoms with Gasteiger partial charge in [-0.25, -0.2) is 0 Å². The van der Waals surface area contributed by atoms with Crippen LogP contribution in [0.15, 0.2) is 36.4 Å². The normalized spacial score (nSPS) is 12.9. The van der Waals surface area contributed by atoms with Crippen molar-refractivity contribution in [2.24, 2.45) is 0 Å². The van der Waals surface area contributed by atoms with Gasteiger partial charge >= 0.3 is 5.97 Å². The zero-order valence-electron chi connectivity index (χ0n) is 8.55. The average molecular weight is 206 g/mol. The molecule has 0 radical (unpaired) electrons. The van der Waals surface area contributed by atoms with E-state index in [1.54, 1.807) is 24.3 Å². The summed E-state index contributed by atoms with van der Waals surface area (Å²) in [5.74, 6) is -0.771. The number of phenolic OH excluding ortho intramolecular Hbond substituents is 1. The summed E-state index contributed by atoms with van der Waals surface area (Å²) in [5.41, 5.74) is 0.897. The van der Waals surface area contributed by atoms with Gasteiger partial charge in [0, 0.05) is 5.92 Å². The summed E-state index contributed by atoms with van der Waals surface area (Å²) >= 11 is 0. The Morgan fingerprint density at radius 1 is 1.40 bits per heavy atom. The third-order valence-corrected chi connectivity index (χ3v) is 2.14. The Hall–Kier alpha value is -1.77. The fraction of sp³-hybridized carbons (Fsp3) is 0.250. The Labute approximate surface area is 88.7 Å². The molecule has 0 fully saturated rings. The maximum atomic E-state index is 10.6. The van der Waals surface area contributed by atoms with E-state index in [-0.39, 0.29) is 18.1 Å². The standard InChI is InChI=1S/C12H14O3/c1-2-3-10(8-12(14)15)9-4-6-11(13)7-5-9/h2-7,10,13H,8H2,1H3,(H,14,15). The molecule has 0 heterocycles. The van der Waals surface area contributed by atoms with Crippen molar-refractivity contribution in [1.29, 1.82) is 0 Å². The van der Waals surface area contributed by atoms with Gasteiger partial charge in [-0.3, -0.25) is 4.79 Å². The molecule has 0 amide bonds. The Morgan fingerprint density at radius 2 is 2.00 bits per heavy atom. The molecule has 1 rings (SSSR count). The van der Waals surface area contributed by atoms with E-state index in [0.717, 1.165) is 5.56 Å². The average Bonchev–Trinajstić information content (AvgIpc) is 2.17. The molecule has 0 bridgehead atoms. The number of carboxylic acids is 1. The van der Waals surface area contributed by atoms with Gasteiger partial charge in [-0.2, -0.15) is 0 Å². The maximum absolute atomic E-state index is 10.6. The fourth-order valence-electron chi connectivity index (χ4n) is 1.44. The molecule has 3 heteroatoms. The topological polar surface area (TPSA) is 57.5 Å². The lowest BCUT2D eigenvalue weighted by molar-refractivity contribution is -0.137. The number of hydrogen-bond acceptors (Lipinski definition) is 2. The van der Waals surface area contributed by atoms with Gasteiger partial charge in [0.1, 0.15) is 5.75 Å². The number of rotatable bonds is 4. The molecule has 1 unspecified atom stereocenters. The molecular formula is C12H14O3. The monoisotopic (exact) mass is 206 g/mol. The van der Waals surface area contributed by atoms with Crippen molar-refractivity contribution in [2.75, 3.05) is 0 Å². The highest BCUT2D eigenvalue weighted by molar-refractivity contribution is 5.68. The van der Waals surface area contributed by atoms with Crippen LogP contribution >= 0.6 is 0 Å². The molecule has 0 saturated carbocycles. The summed E-state index contributed by atoms with van der Waals surface area (Å²) in [6.07, 6.45) is 3.75. The van der Waals surface area contributed by atoms with Crippen molar-refractivity contribution in [3.05, 3.63) is 42.0 Å². The van der Waals surface area contributed by atoms with Gasteiger partial charge in [0.05, 0.1) is 6.42 Å². The van der Waals surface area contributed by atoms with Crippen LogP contribution in [0.2, 0.25) is 0 Å². The van der Waals surface area contributed by atoms with E-state index in [1.807, 2.05) is 19.1 Å². The summed E-state index contributed by atoms with van der Waals surface area (Å²) in [4.78, 5) is 10.6. The van der Waals surface area contributed by atoms with Crippen LogP contribution in [0.3, 0.4) is 0 Å². The highest BCUT2D eigenvalue weighted by atomic mass is 16.4. The van der Waals surface area contributed by atoms with Crippen LogP contribution in [-0.2, 0) is 4.79 Å². The summed E-state index contributed by atoms with van der Waals surface area (Å²) in [6.45, 7) is 1.86. The molecule has 3 nitrogen and oxygen atoms in total. The first-order valence-electron chi connectivity index (χ1n) is 4.77. The Bertz CT molecular complexity index is 352. The molecule has 1 atom stereocenters. The van der Waals surface area contributed by atoms with E-state index in [9.17, 15) is 4.79 Å². The van der Waals surface area contributed by atoms with Crippen molar-refractivity contribution < 1.29 is 15.0 Å². The molecule has 0 aliphatic rings. The molecule has 15 heavy (non-hydrogen) atoms. The molecule has 80 valence electrons. The van der Waals surface area contributed by atoms with Crippen LogP contribution in [0.1, 0.15) is 24.8 Å². The van der Waals surface area contributed by atoms with Gasteiger partial charge in [-0.05, 0) is 24.6 Å². The highest BCUT2D eigenvalue weighted by Crippen LogP contribution is 2.23. The van der Waals surface area contributed by atoms with E-state index in [2.05, 4.69) is 0 Å². The number of aliphatic carboxylic acids is 1. The number of phenols is 1. The summed E-state index contributed by atoms with van der Waals surface area (Å²) < 4.78 is 0. The lowest BCUT2D eigenvalue weighted by Crippen LogP contribution is -2.03. The molecular weight excluding hydrogens is 192 g/mol. The second-order valence-corrected chi connectivity index (χ2v) is 3.32. The minimum absolute atomic E-state index is 0.0646. The van der Waals surface area contributed by atoms with Crippen LogP contribution in [0, 0.1) is 0 Å². The minimum Gasteiger partial charge on any atom is -0.508 e. The lowest BCUT2D eigenvalue weighted by atomic mass is 9.95. The van der Waals surface area contributed by atoms with Crippen LogP contribution in [-0.4, -0.2) is 16.2 Å². The fourth-order valence-corrected chi connectivity index (χ4v) is 1.44. The summed E-state index contributed by atoms with van der Waals surface area (Å²) in [7, 11) is 0. The molecule has 1 aromatic carbocycles. The maximum Gasteiger partial charge on any atom is 0.304 e. The second-order valence-electron chi connectivity index (χ2n) is 3.32. The van der Waals surface area contributed by atoms with Gasteiger partial charge in [0.15, 0.2) is 0 Å². The van der Waals surface area contributed by atoms with Crippen LogP contribution in [0.4, 0.5) is 0 Å². The number of allylic oxidation sites excluding steroid dienone is 2. The smallest absolute Gasteiger partial charge is 0.304 e. The summed E-state index contributed by atoms with van der Waals surface area (Å²) in [6, 6.07) is 6.60. The minimum atomic E-state index is -0.828. The number of carboxylic acid groups (broad SMARTS) is 1. The van der Waals surface area contributed by atoms with Gasteiger partial charge in [-0.15, -0.1) is 0 Å². The van der Waals surface area contributed by atoms with E-state index < -0.39 is 5.97 Å². The van der Waals surface area contributed by atoms with Gasteiger partial charge in [0.2, 0.25) is 0 Å². The zero-order valence-corrected chi connectivity index (χ0v) is 8.55. The first-order valence-corrected chi connectivity index (χ1v) is 4.77. The number of carbonyl (C=O) groups is 1. The SMILES string of the molecule is CC=CC(CC(=O)O)c1ccc(O)cc1. The van der Waals surface area contributed by atoms with Crippen molar-refractivity contribution in [3.63, 3.8) is 0 Å². The number of aromatic hydroxyl groups is 1. The quantitative estimate of drug-likeness (QED) is 0.744. The largest absolute Gasteiger partial charge is 0.508 e. The Morgan fingerprint density at radius 3 is 2.47 bits per heavy atom. The van der Waals surface area contributed by atoms with Crippen molar-refractivity contribution in [3.8, 4) is 5.75 Å². The molecule has 2 N–H and O–H groups in total. The van der Waals surface area contributed by atoms with Crippen molar-refractivity contribution in [2.45, 2.75) is 19.3 Å². The third-order valence-electron chi connectivity index (χ3n) is 2.14. The molecule has 0 spiro atoms. The molecule has 0 saturated heterocycles. The van der Waals surface area contributed by atoms with E-state index >= 15 is 0 Å². The van der Waals surface area contributed by atoms with Gasteiger partial charge in [0.25, 0.3) is 0 Å². The Kier molecular flexibility index (Phi) is 3.92. The van der Waals surface area contributed by atoms with E-state index in [0.29, 0.717) is 0 Å². The van der Waals surface area contributed by atoms with Crippen molar-refractivity contribution in [1.82, 2.24) is 0 Å². The predicted molar refractivity (Wildman–Crippen MR) is 57.9 cm³/mol. The van der Waals surface area contributed by atoms with Crippen LogP contribution < -0.4 is 0 Å². The van der Waals surface area contributed by atoms with E-state index in [4.69, 9.17) is 10.2 Å². The third kappa shape index (κ3) is 3.46. The van der Waals surface area contributed by atoms with Crippen LogP contribution in [0.5, 0.6) is 5.75 Å². The lowest BCUT2D eigenvalue weighted by Gasteiger charge is -2.10. The van der Waals surface area contributed by atoms with E-state index in [1.165, 1.54) is 0 Å². The molecule has 1 aromatic rings. The molecule has 0 aliphatic heterocycles. The predicted octanol–water partition coefficient (Wildman–Crippen LogP) is 2.53. The zero-order chi connectivity index (χ0) is 11.3. The first kappa shape index (κ1) is 11.3.